The summed E-state index contributed by atoms with van der Waals surface area (Å²) in [5, 5.41) is 11.6. The van der Waals surface area contributed by atoms with Crippen molar-refractivity contribution < 1.29 is 4.79 Å². The molecule has 7 heteroatoms. The largest absolute Gasteiger partial charge is 0.322 e. The van der Waals surface area contributed by atoms with Crippen LogP contribution < -0.4 is 5.32 Å². The average Bonchev–Trinajstić information content (AvgIpc) is 2.80. The van der Waals surface area contributed by atoms with Crippen molar-refractivity contribution in [3.8, 4) is 6.07 Å². The van der Waals surface area contributed by atoms with E-state index in [-0.39, 0.29) is 0 Å². The summed E-state index contributed by atoms with van der Waals surface area (Å²) in [7, 11) is 0. The topological polar surface area (TPSA) is 78.7 Å². The van der Waals surface area contributed by atoms with Gasteiger partial charge in [-0.1, -0.05) is 11.6 Å². The number of aromatic nitrogens is 2. The number of amides is 1. The minimum absolute atomic E-state index is 0.378. The van der Waals surface area contributed by atoms with E-state index in [4.69, 9.17) is 16.9 Å². The zero-order valence-corrected chi connectivity index (χ0v) is 10.3. The molecule has 0 radical (unpaired) electrons. The zero-order valence-electron chi connectivity index (χ0n) is 8.77. The standard InChI is InChI=1S/C10H7ClN4OS/c1-5(4-12)10(16)13-8-6(11)2-3-7-9(8)15-17-14-7/h2-3,5H,1H3,(H,13,16). The van der Waals surface area contributed by atoms with Crippen LogP contribution in [0.5, 0.6) is 0 Å². The summed E-state index contributed by atoms with van der Waals surface area (Å²) in [6.07, 6.45) is 0. The maximum absolute atomic E-state index is 11.6. The van der Waals surface area contributed by atoms with Crippen LogP contribution >= 0.6 is 23.3 Å². The molecular weight excluding hydrogens is 260 g/mol. The van der Waals surface area contributed by atoms with Gasteiger partial charge in [-0.05, 0) is 19.1 Å². The van der Waals surface area contributed by atoms with Gasteiger partial charge in [0.15, 0.2) is 0 Å². The van der Waals surface area contributed by atoms with E-state index in [9.17, 15) is 4.79 Å². The number of hydrogen-bond donors (Lipinski definition) is 1. The Morgan fingerprint density at radius 3 is 3.06 bits per heavy atom. The van der Waals surface area contributed by atoms with E-state index in [1.54, 1.807) is 12.1 Å². The van der Waals surface area contributed by atoms with Crippen molar-refractivity contribution in [1.29, 1.82) is 5.26 Å². The normalized spacial score (nSPS) is 12.1. The second-order valence-electron chi connectivity index (χ2n) is 3.39. The molecule has 0 aliphatic heterocycles. The molecule has 2 aromatic rings. The Labute approximate surface area is 106 Å². The van der Waals surface area contributed by atoms with Crippen LogP contribution in [0.3, 0.4) is 0 Å². The Morgan fingerprint density at radius 1 is 1.59 bits per heavy atom. The number of nitrogens with zero attached hydrogens (tertiary/aromatic N) is 3. The fourth-order valence-corrected chi connectivity index (χ4v) is 1.98. The van der Waals surface area contributed by atoms with E-state index in [1.807, 2.05) is 6.07 Å². The molecule has 17 heavy (non-hydrogen) atoms. The first-order chi connectivity index (χ1) is 8.13. The summed E-state index contributed by atoms with van der Waals surface area (Å²) < 4.78 is 8.11. The molecule has 0 bridgehead atoms. The number of halogens is 1. The molecule has 1 aromatic heterocycles. The van der Waals surface area contributed by atoms with Gasteiger partial charge in [0, 0.05) is 0 Å². The molecule has 1 N–H and O–H groups in total. The second-order valence-corrected chi connectivity index (χ2v) is 4.33. The Bertz CT molecular complexity index is 618. The Hall–Kier alpha value is -1.71. The third-order valence-electron chi connectivity index (χ3n) is 2.21. The van der Waals surface area contributed by atoms with Crippen LogP contribution in [-0.2, 0) is 4.79 Å². The van der Waals surface area contributed by atoms with Gasteiger partial charge in [-0.25, -0.2) is 0 Å². The zero-order chi connectivity index (χ0) is 12.4. The van der Waals surface area contributed by atoms with Crippen LogP contribution in [0.25, 0.3) is 11.0 Å². The Morgan fingerprint density at radius 2 is 2.35 bits per heavy atom. The minimum Gasteiger partial charge on any atom is -0.322 e. The highest BCUT2D eigenvalue weighted by atomic mass is 35.5. The lowest BCUT2D eigenvalue weighted by Crippen LogP contribution is -2.19. The smallest absolute Gasteiger partial charge is 0.241 e. The minimum atomic E-state index is -0.743. The number of fused-ring (bicyclic) bond motifs is 1. The molecule has 0 aliphatic rings. The van der Waals surface area contributed by atoms with E-state index < -0.39 is 11.8 Å². The lowest BCUT2D eigenvalue weighted by Gasteiger charge is -2.08. The number of anilines is 1. The maximum Gasteiger partial charge on any atom is 0.241 e. The maximum atomic E-state index is 11.6. The molecule has 0 spiro atoms. The third-order valence-corrected chi connectivity index (χ3v) is 3.07. The second kappa shape index (κ2) is 4.65. The summed E-state index contributed by atoms with van der Waals surface area (Å²) in [5.74, 6) is -1.15. The van der Waals surface area contributed by atoms with Crippen molar-refractivity contribution in [1.82, 2.24) is 8.75 Å². The first-order valence-corrected chi connectivity index (χ1v) is 5.85. The molecule has 0 saturated heterocycles. The van der Waals surface area contributed by atoms with Gasteiger partial charge in [-0.2, -0.15) is 14.0 Å². The van der Waals surface area contributed by atoms with E-state index in [0.29, 0.717) is 21.7 Å². The number of hydrogen-bond acceptors (Lipinski definition) is 5. The molecule has 2 rings (SSSR count). The van der Waals surface area contributed by atoms with Gasteiger partial charge in [0.05, 0.1) is 28.5 Å². The van der Waals surface area contributed by atoms with Gasteiger partial charge in [0.1, 0.15) is 17.0 Å². The van der Waals surface area contributed by atoms with Gasteiger partial charge >= 0.3 is 0 Å². The lowest BCUT2D eigenvalue weighted by molar-refractivity contribution is -0.117. The summed E-state index contributed by atoms with van der Waals surface area (Å²) in [4.78, 5) is 11.6. The SMILES string of the molecule is CC(C#N)C(=O)Nc1c(Cl)ccc2nsnc12. The van der Waals surface area contributed by atoms with Crippen molar-refractivity contribution in [2.75, 3.05) is 5.32 Å². The van der Waals surface area contributed by atoms with Crippen LogP contribution in [0.15, 0.2) is 12.1 Å². The Balaban J connectivity index is 2.42. The number of rotatable bonds is 2. The molecule has 86 valence electrons. The van der Waals surface area contributed by atoms with E-state index >= 15 is 0 Å². The third kappa shape index (κ3) is 2.20. The fraction of sp³-hybridized carbons (Fsp3) is 0.200. The first kappa shape index (κ1) is 11.8. The monoisotopic (exact) mass is 266 g/mol. The van der Waals surface area contributed by atoms with Crippen LogP contribution in [0.1, 0.15) is 6.92 Å². The van der Waals surface area contributed by atoms with Crippen molar-refractivity contribution in [2.45, 2.75) is 6.92 Å². The van der Waals surface area contributed by atoms with Crippen molar-refractivity contribution >= 4 is 46.0 Å². The molecule has 0 saturated carbocycles. The van der Waals surface area contributed by atoms with Crippen molar-refractivity contribution in [3.63, 3.8) is 0 Å². The molecule has 1 heterocycles. The van der Waals surface area contributed by atoms with Crippen LogP contribution in [-0.4, -0.2) is 14.7 Å². The highest BCUT2D eigenvalue weighted by molar-refractivity contribution is 7.00. The number of carbonyl (C=O) groups excluding carboxylic acids is 1. The molecule has 1 atom stereocenters. The van der Waals surface area contributed by atoms with Gasteiger partial charge in [-0.3, -0.25) is 4.79 Å². The number of nitriles is 1. The van der Waals surface area contributed by atoms with Gasteiger partial charge in [0.25, 0.3) is 0 Å². The summed E-state index contributed by atoms with van der Waals surface area (Å²) >= 11 is 7.03. The van der Waals surface area contributed by atoms with E-state index in [2.05, 4.69) is 14.1 Å². The molecular formula is C10H7ClN4OS. The van der Waals surface area contributed by atoms with E-state index in [0.717, 1.165) is 11.7 Å². The van der Waals surface area contributed by atoms with E-state index in [1.165, 1.54) is 6.92 Å². The quantitative estimate of drug-likeness (QED) is 0.905. The molecule has 0 aliphatic carbocycles. The highest BCUT2D eigenvalue weighted by Crippen LogP contribution is 2.30. The van der Waals surface area contributed by atoms with Crippen LogP contribution in [0.4, 0.5) is 5.69 Å². The average molecular weight is 267 g/mol. The highest BCUT2D eigenvalue weighted by Gasteiger charge is 2.16. The van der Waals surface area contributed by atoms with Crippen LogP contribution in [0, 0.1) is 17.2 Å². The number of carbonyl (C=O) groups is 1. The molecule has 0 fully saturated rings. The van der Waals surface area contributed by atoms with Gasteiger partial charge < -0.3 is 5.32 Å². The lowest BCUT2D eigenvalue weighted by atomic mass is 10.2. The molecule has 5 nitrogen and oxygen atoms in total. The first-order valence-electron chi connectivity index (χ1n) is 4.74. The fourth-order valence-electron chi connectivity index (χ4n) is 1.24. The predicted octanol–water partition coefficient (Wildman–Crippen LogP) is 2.44. The van der Waals surface area contributed by atoms with Gasteiger partial charge in [0.2, 0.25) is 5.91 Å². The summed E-state index contributed by atoms with van der Waals surface area (Å²) in [5.41, 5.74) is 1.62. The van der Waals surface area contributed by atoms with Crippen molar-refractivity contribution in [2.24, 2.45) is 5.92 Å². The van der Waals surface area contributed by atoms with Crippen LogP contribution in [0.2, 0.25) is 5.02 Å². The number of benzene rings is 1. The summed E-state index contributed by atoms with van der Waals surface area (Å²) in [6.45, 7) is 1.52. The molecule has 1 aromatic carbocycles. The number of nitrogens with one attached hydrogen (secondary N) is 1. The summed E-state index contributed by atoms with van der Waals surface area (Å²) in [6, 6.07) is 5.22. The Kier molecular flexibility index (Phi) is 3.22. The molecule has 1 amide bonds. The van der Waals surface area contributed by atoms with Crippen molar-refractivity contribution in [3.05, 3.63) is 17.2 Å². The van der Waals surface area contributed by atoms with Gasteiger partial charge in [-0.15, -0.1) is 0 Å². The molecule has 1 unspecified atom stereocenters. The predicted molar refractivity (Wildman–Crippen MR) is 65.8 cm³/mol.